The molecule has 3 heteroatoms. The molecule has 2 heterocycles. The van der Waals surface area contributed by atoms with Crippen molar-refractivity contribution in [2.24, 2.45) is 0 Å². The first-order valence-electron chi connectivity index (χ1n) is 5.45. The second-order valence-corrected chi connectivity index (χ2v) is 4.39. The first-order valence-corrected chi connectivity index (χ1v) is 5.45. The number of allylic oxidation sites excluding steroid dienone is 1. The van der Waals surface area contributed by atoms with E-state index in [2.05, 4.69) is 18.0 Å². The summed E-state index contributed by atoms with van der Waals surface area (Å²) in [6, 6.07) is 0. The van der Waals surface area contributed by atoms with Gasteiger partial charge in [0.1, 0.15) is 11.4 Å². The highest BCUT2D eigenvalue weighted by molar-refractivity contribution is 5.13. The molecule has 0 aromatic rings. The fourth-order valence-corrected chi connectivity index (χ4v) is 2.12. The van der Waals surface area contributed by atoms with E-state index in [-0.39, 0.29) is 0 Å². The van der Waals surface area contributed by atoms with Crippen LogP contribution in [0.1, 0.15) is 25.7 Å². The van der Waals surface area contributed by atoms with Gasteiger partial charge in [-0.15, -0.1) is 0 Å². The van der Waals surface area contributed by atoms with Crippen LogP contribution in [0.4, 0.5) is 0 Å². The summed E-state index contributed by atoms with van der Waals surface area (Å²) in [4.78, 5) is 2.25. The van der Waals surface area contributed by atoms with E-state index in [1.165, 1.54) is 0 Å². The minimum absolute atomic E-state index is 0.674. The summed E-state index contributed by atoms with van der Waals surface area (Å²) in [6.07, 6.45) is 5.80. The Kier molecular flexibility index (Phi) is 2.79. The van der Waals surface area contributed by atoms with Crippen LogP contribution >= 0.6 is 0 Å². The van der Waals surface area contributed by atoms with Gasteiger partial charge in [-0.05, 0) is 38.8 Å². The van der Waals surface area contributed by atoms with Crippen molar-refractivity contribution in [3.63, 3.8) is 0 Å². The molecule has 80 valence electrons. The van der Waals surface area contributed by atoms with Gasteiger partial charge in [0.2, 0.25) is 0 Å². The molecule has 0 aliphatic carbocycles. The highest BCUT2D eigenvalue weighted by Crippen LogP contribution is 2.31. The standard InChI is InChI=1S/C11H19NO2/c1-12-7-5-11(13,6-8-12)10-4-2-3-9-14-10/h4,13H,2-3,5-9H2,1H3. The molecule has 14 heavy (non-hydrogen) atoms. The number of ether oxygens (including phenoxy) is 1. The Hall–Kier alpha value is -0.540. The van der Waals surface area contributed by atoms with E-state index in [1.807, 2.05) is 0 Å². The topological polar surface area (TPSA) is 32.7 Å². The number of aliphatic hydroxyl groups is 1. The first-order chi connectivity index (χ1) is 6.71. The van der Waals surface area contributed by atoms with Crippen molar-refractivity contribution < 1.29 is 9.84 Å². The van der Waals surface area contributed by atoms with Gasteiger partial charge in [-0.25, -0.2) is 0 Å². The van der Waals surface area contributed by atoms with Gasteiger partial charge >= 0.3 is 0 Å². The molecule has 0 amide bonds. The van der Waals surface area contributed by atoms with Gasteiger partial charge in [0, 0.05) is 13.1 Å². The SMILES string of the molecule is CN1CCC(O)(C2=CCCCO2)CC1. The lowest BCUT2D eigenvalue weighted by atomic mass is 9.88. The van der Waals surface area contributed by atoms with Crippen LogP contribution in [-0.2, 0) is 4.74 Å². The fraction of sp³-hybridized carbons (Fsp3) is 0.818. The monoisotopic (exact) mass is 197 g/mol. The molecule has 1 saturated heterocycles. The third-order valence-corrected chi connectivity index (χ3v) is 3.21. The second kappa shape index (κ2) is 3.91. The molecule has 0 aromatic heterocycles. The Morgan fingerprint density at radius 1 is 1.43 bits per heavy atom. The van der Waals surface area contributed by atoms with Crippen molar-refractivity contribution in [3.8, 4) is 0 Å². The van der Waals surface area contributed by atoms with Crippen LogP contribution in [0.5, 0.6) is 0 Å². The molecular weight excluding hydrogens is 178 g/mol. The molecule has 0 bridgehead atoms. The number of hydrogen-bond donors (Lipinski definition) is 1. The molecule has 0 saturated carbocycles. The third kappa shape index (κ3) is 1.93. The summed E-state index contributed by atoms with van der Waals surface area (Å²) in [7, 11) is 2.09. The van der Waals surface area contributed by atoms with Crippen molar-refractivity contribution in [1.29, 1.82) is 0 Å². The van der Waals surface area contributed by atoms with Crippen LogP contribution in [-0.4, -0.2) is 42.4 Å². The maximum Gasteiger partial charge on any atom is 0.124 e. The Morgan fingerprint density at radius 2 is 2.14 bits per heavy atom. The highest BCUT2D eigenvalue weighted by Gasteiger charge is 2.36. The Morgan fingerprint density at radius 3 is 2.71 bits per heavy atom. The number of hydrogen-bond acceptors (Lipinski definition) is 3. The minimum atomic E-state index is -0.674. The molecule has 2 rings (SSSR count). The summed E-state index contributed by atoms with van der Waals surface area (Å²) in [6.45, 7) is 2.68. The number of rotatable bonds is 1. The minimum Gasteiger partial charge on any atom is -0.495 e. The van der Waals surface area contributed by atoms with Crippen LogP contribution in [0, 0.1) is 0 Å². The van der Waals surface area contributed by atoms with Crippen molar-refractivity contribution in [1.82, 2.24) is 4.90 Å². The van der Waals surface area contributed by atoms with Gasteiger partial charge in [-0.1, -0.05) is 0 Å². The van der Waals surface area contributed by atoms with Crippen LogP contribution in [0.3, 0.4) is 0 Å². The zero-order chi connectivity index (χ0) is 10.0. The molecule has 1 N–H and O–H groups in total. The lowest BCUT2D eigenvalue weighted by molar-refractivity contribution is -0.0358. The molecule has 0 radical (unpaired) electrons. The predicted molar refractivity (Wildman–Crippen MR) is 54.9 cm³/mol. The summed E-state index contributed by atoms with van der Waals surface area (Å²) >= 11 is 0. The summed E-state index contributed by atoms with van der Waals surface area (Å²) in [5.74, 6) is 0.830. The Balaban J connectivity index is 2.04. The summed E-state index contributed by atoms with van der Waals surface area (Å²) < 4.78 is 5.55. The second-order valence-electron chi connectivity index (χ2n) is 4.39. The Bertz CT molecular complexity index is 229. The lowest BCUT2D eigenvalue weighted by Gasteiger charge is -2.38. The van der Waals surface area contributed by atoms with Crippen molar-refractivity contribution in [2.75, 3.05) is 26.7 Å². The normalized spacial score (nSPS) is 28.0. The molecule has 3 nitrogen and oxygen atoms in total. The van der Waals surface area contributed by atoms with Gasteiger partial charge in [0.25, 0.3) is 0 Å². The largest absolute Gasteiger partial charge is 0.495 e. The molecular formula is C11H19NO2. The molecule has 2 aliphatic rings. The smallest absolute Gasteiger partial charge is 0.124 e. The zero-order valence-corrected chi connectivity index (χ0v) is 8.83. The Labute approximate surface area is 85.4 Å². The van der Waals surface area contributed by atoms with Gasteiger partial charge in [-0.3, -0.25) is 0 Å². The third-order valence-electron chi connectivity index (χ3n) is 3.21. The summed E-state index contributed by atoms with van der Waals surface area (Å²) in [5.41, 5.74) is -0.674. The van der Waals surface area contributed by atoms with Gasteiger partial charge < -0.3 is 14.7 Å². The first kappa shape index (κ1) is 9.99. The molecule has 0 unspecified atom stereocenters. The van der Waals surface area contributed by atoms with E-state index in [0.29, 0.717) is 0 Å². The van der Waals surface area contributed by atoms with E-state index in [9.17, 15) is 5.11 Å². The van der Waals surface area contributed by atoms with E-state index >= 15 is 0 Å². The maximum absolute atomic E-state index is 10.4. The van der Waals surface area contributed by atoms with Crippen LogP contribution in [0.15, 0.2) is 11.8 Å². The van der Waals surface area contributed by atoms with E-state index in [4.69, 9.17) is 4.74 Å². The van der Waals surface area contributed by atoms with Gasteiger partial charge in [0.15, 0.2) is 0 Å². The summed E-state index contributed by atoms with van der Waals surface area (Å²) in [5, 5.41) is 10.4. The van der Waals surface area contributed by atoms with Crippen molar-refractivity contribution in [3.05, 3.63) is 11.8 Å². The molecule has 2 aliphatic heterocycles. The maximum atomic E-state index is 10.4. The number of likely N-dealkylation sites (tertiary alicyclic amines) is 1. The average molecular weight is 197 g/mol. The van der Waals surface area contributed by atoms with Crippen LogP contribution < -0.4 is 0 Å². The van der Waals surface area contributed by atoms with Crippen LogP contribution in [0.25, 0.3) is 0 Å². The number of piperidine rings is 1. The fourth-order valence-electron chi connectivity index (χ4n) is 2.12. The molecule has 0 atom stereocenters. The highest BCUT2D eigenvalue weighted by atomic mass is 16.5. The lowest BCUT2D eigenvalue weighted by Crippen LogP contribution is -2.45. The van der Waals surface area contributed by atoms with E-state index < -0.39 is 5.60 Å². The van der Waals surface area contributed by atoms with Gasteiger partial charge in [0.05, 0.1) is 6.61 Å². The van der Waals surface area contributed by atoms with E-state index in [0.717, 1.165) is 51.1 Å². The number of nitrogens with zero attached hydrogens (tertiary/aromatic N) is 1. The van der Waals surface area contributed by atoms with E-state index in [1.54, 1.807) is 0 Å². The van der Waals surface area contributed by atoms with Crippen LogP contribution in [0.2, 0.25) is 0 Å². The quantitative estimate of drug-likeness (QED) is 0.684. The van der Waals surface area contributed by atoms with Crippen molar-refractivity contribution >= 4 is 0 Å². The zero-order valence-electron chi connectivity index (χ0n) is 8.83. The predicted octanol–water partition coefficient (Wildman–Crippen LogP) is 1.14. The van der Waals surface area contributed by atoms with Crippen molar-refractivity contribution in [2.45, 2.75) is 31.3 Å². The average Bonchev–Trinajstić information content (AvgIpc) is 2.24. The van der Waals surface area contributed by atoms with Gasteiger partial charge in [-0.2, -0.15) is 0 Å². The molecule has 0 spiro atoms. The molecule has 0 aromatic carbocycles. The molecule has 1 fully saturated rings.